The first kappa shape index (κ1) is 37.8. The van der Waals surface area contributed by atoms with Gasteiger partial charge in [0.15, 0.2) is 0 Å². The third kappa shape index (κ3) is 8.23. The highest BCUT2D eigenvalue weighted by molar-refractivity contribution is 6.77. The van der Waals surface area contributed by atoms with Crippen molar-refractivity contribution in [1.82, 2.24) is 14.9 Å². The minimum atomic E-state index is -4.23. The van der Waals surface area contributed by atoms with Crippen LogP contribution in [0.2, 0.25) is 21.6 Å². The Labute approximate surface area is 296 Å². The minimum absolute atomic E-state index is 0.0522. The molecule has 0 N–H and O–H groups in total. The van der Waals surface area contributed by atoms with E-state index < -0.39 is 20.4 Å². The monoisotopic (exact) mass is 719 g/mol. The molecule has 2 amide bonds. The fraction of sp³-hybridized carbons (Fsp3) is 0.632. The van der Waals surface area contributed by atoms with E-state index in [9.17, 15) is 22.8 Å². The van der Waals surface area contributed by atoms with Crippen LogP contribution >= 0.6 is 11.6 Å². The molecule has 0 radical (unpaired) electrons. The molecule has 1 atom stereocenters. The average Bonchev–Trinajstić information content (AvgIpc) is 3.42. The third-order valence-electron chi connectivity index (χ3n) is 11.3. The van der Waals surface area contributed by atoms with Crippen molar-refractivity contribution >= 4 is 31.7 Å². The van der Waals surface area contributed by atoms with Gasteiger partial charge in [-0.2, -0.15) is 13.2 Å². The molecular formula is C38H53ClF3N3O3Si. The molecule has 3 saturated heterocycles. The van der Waals surface area contributed by atoms with Gasteiger partial charge >= 0.3 is 6.18 Å². The summed E-state index contributed by atoms with van der Waals surface area (Å²) < 4.78 is 46.2. The zero-order chi connectivity index (χ0) is 35.7. The Morgan fingerprint density at radius 1 is 0.837 bits per heavy atom. The normalized spacial score (nSPS) is 20.8. The van der Waals surface area contributed by atoms with Crippen LogP contribution in [-0.4, -0.2) is 80.1 Å². The molecule has 3 aliphatic heterocycles. The van der Waals surface area contributed by atoms with Gasteiger partial charge in [0.1, 0.15) is 0 Å². The molecule has 3 heterocycles. The second kappa shape index (κ2) is 15.5. The van der Waals surface area contributed by atoms with Crippen LogP contribution in [-0.2, 0) is 15.6 Å². The molecule has 3 fully saturated rings. The predicted octanol–water partition coefficient (Wildman–Crippen LogP) is 9.38. The lowest BCUT2D eigenvalue weighted by Gasteiger charge is -2.47. The van der Waals surface area contributed by atoms with Crippen molar-refractivity contribution < 1.29 is 27.2 Å². The molecular weight excluding hydrogens is 667 g/mol. The molecule has 3 aliphatic rings. The number of piperidine rings is 2. The molecule has 0 saturated carbocycles. The Morgan fingerprint density at radius 3 is 1.94 bits per heavy atom. The van der Waals surface area contributed by atoms with Gasteiger partial charge in [0.05, 0.1) is 16.5 Å². The van der Waals surface area contributed by atoms with Crippen molar-refractivity contribution in [2.24, 2.45) is 11.8 Å². The number of alkyl halides is 3. The van der Waals surface area contributed by atoms with Crippen LogP contribution in [0.5, 0.6) is 0 Å². The smallest absolute Gasteiger partial charge is 0.391 e. The number of likely N-dealkylation sites (tertiary alicyclic amines) is 1. The van der Waals surface area contributed by atoms with Crippen LogP contribution in [0.15, 0.2) is 42.5 Å². The van der Waals surface area contributed by atoms with Crippen molar-refractivity contribution in [1.29, 1.82) is 0 Å². The molecule has 2 aromatic carbocycles. The van der Waals surface area contributed by atoms with Crippen molar-refractivity contribution in [2.45, 2.75) is 109 Å². The maximum atomic E-state index is 13.5. The second-order valence-electron chi connectivity index (χ2n) is 15.2. The summed E-state index contributed by atoms with van der Waals surface area (Å²) in [6, 6.07) is 13.3. The van der Waals surface area contributed by atoms with Crippen molar-refractivity contribution in [3.05, 3.63) is 58.6 Å². The van der Waals surface area contributed by atoms with E-state index in [4.69, 9.17) is 16.0 Å². The molecule has 5 rings (SSSR count). The number of carbonyl (C=O) groups is 2. The van der Waals surface area contributed by atoms with E-state index in [1.165, 1.54) is 4.90 Å². The number of nitrogens with zero attached hydrogens (tertiary/aromatic N) is 3. The van der Waals surface area contributed by atoms with Gasteiger partial charge < -0.3 is 9.33 Å². The van der Waals surface area contributed by atoms with Crippen molar-refractivity contribution in [2.75, 3.05) is 32.7 Å². The molecule has 1 unspecified atom stereocenters. The Bertz CT molecular complexity index is 1430. The van der Waals surface area contributed by atoms with E-state index in [0.29, 0.717) is 28.6 Å². The van der Waals surface area contributed by atoms with Gasteiger partial charge in [-0.3, -0.25) is 14.6 Å². The number of hydrogen-bond donors (Lipinski definition) is 0. The largest absolute Gasteiger partial charge is 0.413 e. The number of hydrogen-bond acceptors (Lipinski definition) is 4. The molecule has 0 spiro atoms. The SMILES string of the molecule is CC(C)[Si](OC1CCN(N2CCC(Cc3ccc(-c4ccc(C(=O)N5CCC(C(F)(F)F)CC5)c(Cl)c4)cc3)C2=O)CC1)(C(C)C)C(C)C. The first-order valence-electron chi connectivity index (χ1n) is 18.1. The topological polar surface area (TPSA) is 53.1 Å². The van der Waals surface area contributed by atoms with Gasteiger partial charge in [-0.25, -0.2) is 5.01 Å². The molecule has 49 heavy (non-hydrogen) atoms. The van der Waals surface area contributed by atoms with E-state index in [2.05, 4.69) is 46.6 Å². The van der Waals surface area contributed by atoms with Crippen LogP contribution in [0, 0.1) is 11.8 Å². The van der Waals surface area contributed by atoms with E-state index >= 15 is 0 Å². The van der Waals surface area contributed by atoms with E-state index in [1.807, 2.05) is 35.3 Å². The summed E-state index contributed by atoms with van der Waals surface area (Å²) in [4.78, 5) is 28.0. The zero-order valence-corrected chi connectivity index (χ0v) is 31.6. The molecule has 2 aromatic rings. The maximum Gasteiger partial charge on any atom is 0.391 e. The highest BCUT2D eigenvalue weighted by Gasteiger charge is 2.47. The van der Waals surface area contributed by atoms with Gasteiger partial charge in [0.25, 0.3) is 5.91 Å². The lowest BCUT2D eigenvalue weighted by molar-refractivity contribution is -0.183. The Balaban J connectivity index is 1.13. The second-order valence-corrected chi connectivity index (χ2v) is 21.1. The van der Waals surface area contributed by atoms with Crippen molar-refractivity contribution in [3.8, 4) is 11.1 Å². The van der Waals surface area contributed by atoms with Crippen LogP contribution in [0.4, 0.5) is 13.2 Å². The summed E-state index contributed by atoms with van der Waals surface area (Å²) in [7, 11) is -1.94. The lowest BCUT2D eigenvalue weighted by atomic mass is 9.95. The van der Waals surface area contributed by atoms with Crippen LogP contribution in [0.1, 0.15) is 89.6 Å². The highest BCUT2D eigenvalue weighted by Crippen LogP contribution is 2.44. The van der Waals surface area contributed by atoms with E-state index in [1.54, 1.807) is 12.1 Å². The Morgan fingerprint density at radius 2 is 1.41 bits per heavy atom. The van der Waals surface area contributed by atoms with Gasteiger partial charge in [-0.1, -0.05) is 83.5 Å². The van der Waals surface area contributed by atoms with Crippen LogP contribution in [0.25, 0.3) is 11.1 Å². The van der Waals surface area contributed by atoms with Gasteiger partial charge in [0.2, 0.25) is 14.2 Å². The van der Waals surface area contributed by atoms with Gasteiger partial charge in [0, 0.05) is 44.7 Å². The molecule has 0 aromatic heterocycles. The quantitative estimate of drug-likeness (QED) is 0.230. The summed E-state index contributed by atoms with van der Waals surface area (Å²) in [5.74, 6) is -1.55. The summed E-state index contributed by atoms with van der Waals surface area (Å²) in [6.45, 7) is 16.5. The summed E-state index contributed by atoms with van der Waals surface area (Å²) >= 11 is 6.53. The zero-order valence-electron chi connectivity index (χ0n) is 29.9. The summed E-state index contributed by atoms with van der Waals surface area (Å²) in [5, 5.41) is 4.51. The molecule has 0 aliphatic carbocycles. The van der Waals surface area contributed by atoms with E-state index in [0.717, 1.165) is 55.6 Å². The van der Waals surface area contributed by atoms with Crippen molar-refractivity contribution in [3.63, 3.8) is 0 Å². The summed E-state index contributed by atoms with van der Waals surface area (Å²) in [6.07, 6.45) is -0.722. The number of hydrazine groups is 1. The summed E-state index contributed by atoms with van der Waals surface area (Å²) in [5.41, 5.74) is 4.83. The molecule has 6 nitrogen and oxygen atoms in total. The number of rotatable bonds is 10. The number of benzene rings is 2. The van der Waals surface area contributed by atoms with Crippen LogP contribution < -0.4 is 0 Å². The fourth-order valence-electron chi connectivity index (χ4n) is 8.66. The lowest BCUT2D eigenvalue weighted by Crippen LogP contribution is -2.54. The maximum absolute atomic E-state index is 13.5. The standard InChI is InChI=1S/C38H53ClF3N3O3Si/c1-25(2)49(26(3)4,27(5)6)48-33-16-20-44(21-17-33)45-22-13-31(36(45)46)23-28-7-9-29(10-8-28)30-11-12-34(35(39)24-30)37(47)43-18-14-32(15-19-43)38(40,41)42/h7-12,24-27,31-33H,13-23H2,1-6H3. The van der Waals surface area contributed by atoms with Gasteiger partial charge in [-0.15, -0.1) is 0 Å². The first-order chi connectivity index (χ1) is 23.1. The molecule has 11 heteroatoms. The number of halogens is 4. The first-order valence-corrected chi connectivity index (χ1v) is 20.6. The van der Waals surface area contributed by atoms with E-state index in [-0.39, 0.29) is 54.8 Å². The number of amides is 2. The molecule has 0 bridgehead atoms. The number of carbonyl (C=O) groups excluding carboxylic acids is 2. The predicted molar refractivity (Wildman–Crippen MR) is 192 cm³/mol. The Kier molecular flexibility index (Phi) is 11.9. The van der Waals surface area contributed by atoms with Crippen LogP contribution in [0.3, 0.4) is 0 Å². The molecule has 270 valence electrons. The third-order valence-corrected chi connectivity index (χ3v) is 17.8. The average molecular weight is 720 g/mol. The highest BCUT2D eigenvalue weighted by atomic mass is 35.5. The Hall–Kier alpha value is -2.40. The fourth-order valence-corrected chi connectivity index (χ4v) is 14.5. The minimum Gasteiger partial charge on any atom is -0.413 e. The van der Waals surface area contributed by atoms with Gasteiger partial charge in [-0.05, 0) is 84.0 Å².